The number of hydrogen-bond donors (Lipinski definition) is 2. The second-order valence-corrected chi connectivity index (χ2v) is 5.62. The van der Waals surface area contributed by atoms with Crippen LogP contribution in [0.4, 0.5) is 0 Å². The van der Waals surface area contributed by atoms with Crippen molar-refractivity contribution in [2.45, 2.75) is 38.3 Å². The number of carbonyl (C=O) groups excluding carboxylic acids is 1. The average Bonchev–Trinajstić information content (AvgIpc) is 2.80. The van der Waals surface area contributed by atoms with E-state index in [2.05, 4.69) is 5.32 Å². The second kappa shape index (κ2) is 5.75. The fraction of sp³-hybridized carbons (Fsp3) is 0.643. The van der Waals surface area contributed by atoms with Gasteiger partial charge in [0, 0.05) is 6.54 Å². The predicted octanol–water partition coefficient (Wildman–Crippen LogP) is 1.30. The van der Waals surface area contributed by atoms with E-state index in [9.17, 15) is 9.90 Å². The lowest BCUT2D eigenvalue weighted by molar-refractivity contribution is -0.124. The van der Waals surface area contributed by atoms with E-state index in [-0.39, 0.29) is 11.9 Å². The highest BCUT2D eigenvalue weighted by atomic mass is 16.3. The SMILES string of the molecule is CC(NC(=O)CN1CCCC(C)(O)C1)c1ccco1. The normalized spacial score (nSPS) is 26.1. The Kier molecular flexibility index (Phi) is 4.27. The van der Waals surface area contributed by atoms with Gasteiger partial charge in [0.2, 0.25) is 5.91 Å². The number of rotatable bonds is 4. The van der Waals surface area contributed by atoms with Crippen molar-refractivity contribution >= 4 is 5.91 Å². The number of carbonyl (C=O) groups is 1. The molecule has 1 aromatic heterocycles. The molecule has 19 heavy (non-hydrogen) atoms. The van der Waals surface area contributed by atoms with Gasteiger partial charge in [-0.1, -0.05) is 0 Å². The van der Waals surface area contributed by atoms with Gasteiger partial charge in [-0.05, 0) is 45.4 Å². The summed E-state index contributed by atoms with van der Waals surface area (Å²) in [6.07, 6.45) is 3.32. The van der Waals surface area contributed by atoms with Gasteiger partial charge < -0.3 is 14.8 Å². The molecule has 2 rings (SSSR count). The first kappa shape index (κ1) is 14.1. The summed E-state index contributed by atoms with van der Waals surface area (Å²) < 4.78 is 5.25. The number of furan rings is 1. The van der Waals surface area contributed by atoms with Crippen LogP contribution in [-0.2, 0) is 4.79 Å². The van der Waals surface area contributed by atoms with Gasteiger partial charge in [0.15, 0.2) is 0 Å². The Morgan fingerprint density at radius 2 is 2.47 bits per heavy atom. The predicted molar refractivity (Wildman–Crippen MR) is 71.6 cm³/mol. The van der Waals surface area contributed by atoms with Gasteiger partial charge in [0.25, 0.3) is 0 Å². The topological polar surface area (TPSA) is 65.7 Å². The van der Waals surface area contributed by atoms with Crippen molar-refractivity contribution in [3.63, 3.8) is 0 Å². The molecular weight excluding hydrogens is 244 g/mol. The number of hydrogen-bond acceptors (Lipinski definition) is 4. The second-order valence-electron chi connectivity index (χ2n) is 5.62. The third-order valence-corrected chi connectivity index (χ3v) is 3.47. The summed E-state index contributed by atoms with van der Waals surface area (Å²) >= 11 is 0. The smallest absolute Gasteiger partial charge is 0.234 e. The maximum absolute atomic E-state index is 12.0. The van der Waals surface area contributed by atoms with Gasteiger partial charge >= 0.3 is 0 Å². The Balaban J connectivity index is 1.81. The third kappa shape index (κ3) is 4.08. The van der Waals surface area contributed by atoms with Crippen LogP contribution in [0, 0.1) is 0 Å². The lowest BCUT2D eigenvalue weighted by Crippen LogP contribution is -2.49. The molecule has 2 atom stereocenters. The van der Waals surface area contributed by atoms with Gasteiger partial charge in [-0.3, -0.25) is 9.69 Å². The fourth-order valence-electron chi connectivity index (χ4n) is 2.56. The molecule has 1 aliphatic rings. The highest BCUT2D eigenvalue weighted by Crippen LogP contribution is 2.20. The van der Waals surface area contributed by atoms with Crippen molar-refractivity contribution in [3.8, 4) is 0 Å². The van der Waals surface area contributed by atoms with E-state index >= 15 is 0 Å². The first-order valence-corrected chi connectivity index (χ1v) is 6.74. The molecule has 1 fully saturated rings. The molecule has 0 spiro atoms. The highest BCUT2D eigenvalue weighted by Gasteiger charge is 2.29. The van der Waals surface area contributed by atoms with Crippen molar-refractivity contribution in [1.29, 1.82) is 0 Å². The lowest BCUT2D eigenvalue weighted by atomic mass is 9.95. The minimum absolute atomic E-state index is 0.0402. The van der Waals surface area contributed by atoms with Crippen LogP contribution in [0.2, 0.25) is 0 Å². The molecule has 5 heteroatoms. The molecule has 1 aromatic rings. The molecule has 0 aromatic carbocycles. The minimum atomic E-state index is -0.675. The average molecular weight is 266 g/mol. The number of β-amino-alcohol motifs (C(OH)–C–C–N with tert-alkyl or cyclic N) is 1. The molecular formula is C14H22N2O3. The number of nitrogens with one attached hydrogen (secondary N) is 1. The van der Waals surface area contributed by atoms with Crippen LogP contribution in [-0.4, -0.2) is 41.1 Å². The van der Waals surface area contributed by atoms with Gasteiger partial charge in [-0.15, -0.1) is 0 Å². The summed E-state index contributed by atoms with van der Waals surface area (Å²) in [6.45, 7) is 5.45. The summed E-state index contributed by atoms with van der Waals surface area (Å²) in [5.41, 5.74) is -0.675. The van der Waals surface area contributed by atoms with Gasteiger partial charge in [0.1, 0.15) is 5.76 Å². The standard InChI is InChI=1S/C14H22N2O3/c1-11(12-5-3-8-19-12)15-13(17)9-16-7-4-6-14(2,18)10-16/h3,5,8,11,18H,4,6-7,9-10H2,1-2H3,(H,15,17). The number of aliphatic hydroxyl groups is 1. The van der Waals surface area contributed by atoms with Crippen molar-refractivity contribution in [2.24, 2.45) is 0 Å². The Bertz CT molecular complexity index is 414. The van der Waals surface area contributed by atoms with Crippen LogP contribution >= 0.6 is 0 Å². The van der Waals surface area contributed by atoms with E-state index in [1.807, 2.05) is 24.8 Å². The maximum atomic E-state index is 12.0. The third-order valence-electron chi connectivity index (χ3n) is 3.47. The molecule has 1 amide bonds. The largest absolute Gasteiger partial charge is 0.467 e. The summed E-state index contributed by atoms with van der Waals surface area (Å²) in [5.74, 6) is 0.709. The van der Waals surface area contributed by atoms with E-state index in [0.717, 1.165) is 25.1 Å². The number of amides is 1. The quantitative estimate of drug-likeness (QED) is 0.862. The summed E-state index contributed by atoms with van der Waals surface area (Å²) in [7, 11) is 0. The summed E-state index contributed by atoms with van der Waals surface area (Å²) in [5, 5.41) is 12.9. The van der Waals surface area contributed by atoms with E-state index < -0.39 is 5.60 Å². The Labute approximate surface area is 113 Å². The van der Waals surface area contributed by atoms with Gasteiger partial charge in [0.05, 0.1) is 24.5 Å². The Morgan fingerprint density at radius 1 is 1.68 bits per heavy atom. The zero-order valence-corrected chi connectivity index (χ0v) is 11.6. The molecule has 1 saturated heterocycles. The Morgan fingerprint density at radius 3 is 3.11 bits per heavy atom. The van der Waals surface area contributed by atoms with E-state index in [4.69, 9.17) is 4.42 Å². The lowest BCUT2D eigenvalue weighted by Gasteiger charge is -2.36. The molecule has 2 N–H and O–H groups in total. The van der Waals surface area contributed by atoms with Crippen LogP contribution in [0.5, 0.6) is 0 Å². The van der Waals surface area contributed by atoms with Crippen molar-refractivity contribution < 1.29 is 14.3 Å². The fourth-order valence-corrected chi connectivity index (χ4v) is 2.56. The van der Waals surface area contributed by atoms with E-state index in [0.29, 0.717) is 13.1 Å². The van der Waals surface area contributed by atoms with Crippen molar-refractivity contribution in [2.75, 3.05) is 19.6 Å². The number of likely N-dealkylation sites (tertiary alicyclic amines) is 1. The van der Waals surface area contributed by atoms with Crippen molar-refractivity contribution in [1.82, 2.24) is 10.2 Å². The molecule has 0 bridgehead atoms. The molecule has 5 nitrogen and oxygen atoms in total. The molecule has 2 unspecified atom stereocenters. The number of nitrogens with zero attached hydrogens (tertiary/aromatic N) is 1. The zero-order chi connectivity index (χ0) is 13.9. The molecule has 0 radical (unpaired) electrons. The zero-order valence-electron chi connectivity index (χ0n) is 11.6. The van der Waals surface area contributed by atoms with Crippen LogP contribution in [0.25, 0.3) is 0 Å². The van der Waals surface area contributed by atoms with Crippen molar-refractivity contribution in [3.05, 3.63) is 24.2 Å². The van der Waals surface area contributed by atoms with Crippen LogP contribution in [0.3, 0.4) is 0 Å². The van der Waals surface area contributed by atoms with E-state index in [1.165, 1.54) is 0 Å². The van der Waals surface area contributed by atoms with Crippen LogP contribution in [0.15, 0.2) is 22.8 Å². The minimum Gasteiger partial charge on any atom is -0.467 e. The highest BCUT2D eigenvalue weighted by molar-refractivity contribution is 5.78. The molecule has 106 valence electrons. The first-order valence-electron chi connectivity index (χ1n) is 6.74. The van der Waals surface area contributed by atoms with Crippen LogP contribution in [0.1, 0.15) is 38.5 Å². The Hall–Kier alpha value is -1.33. The maximum Gasteiger partial charge on any atom is 0.234 e. The van der Waals surface area contributed by atoms with Gasteiger partial charge in [-0.25, -0.2) is 0 Å². The monoisotopic (exact) mass is 266 g/mol. The molecule has 2 heterocycles. The first-order chi connectivity index (χ1) is 8.96. The van der Waals surface area contributed by atoms with E-state index in [1.54, 1.807) is 12.3 Å². The summed E-state index contributed by atoms with van der Waals surface area (Å²) in [6, 6.07) is 3.52. The molecule has 0 saturated carbocycles. The molecule has 1 aliphatic heterocycles. The summed E-state index contributed by atoms with van der Waals surface area (Å²) in [4.78, 5) is 13.9. The number of piperidine rings is 1. The van der Waals surface area contributed by atoms with Gasteiger partial charge in [-0.2, -0.15) is 0 Å². The molecule has 0 aliphatic carbocycles. The van der Waals surface area contributed by atoms with Crippen LogP contribution < -0.4 is 5.32 Å².